The van der Waals surface area contributed by atoms with Crippen molar-refractivity contribution in [3.05, 3.63) is 42.4 Å². The van der Waals surface area contributed by atoms with Crippen LogP contribution in [0, 0.1) is 5.92 Å². The van der Waals surface area contributed by atoms with Crippen LogP contribution >= 0.6 is 11.8 Å². The van der Waals surface area contributed by atoms with Crippen LogP contribution in [0.5, 0.6) is 0 Å². The third-order valence-electron chi connectivity index (χ3n) is 5.56. The Morgan fingerprint density at radius 3 is 2.80 bits per heavy atom. The number of thioether (sulfide) groups is 1. The minimum absolute atomic E-state index is 0.0635. The number of rotatable bonds is 7. The second kappa shape index (κ2) is 9.51. The number of aromatic nitrogens is 3. The Morgan fingerprint density at radius 2 is 2.07 bits per heavy atom. The Labute approximate surface area is 181 Å². The number of carbonyl (C=O) groups excluding carboxylic acids is 1. The average Bonchev–Trinajstić information content (AvgIpc) is 3.29. The van der Waals surface area contributed by atoms with E-state index in [1.54, 1.807) is 12.4 Å². The maximum Gasteiger partial charge on any atom is 0.254 e. The zero-order valence-corrected chi connectivity index (χ0v) is 18.4. The van der Waals surface area contributed by atoms with Crippen LogP contribution < -0.4 is 10.6 Å². The lowest BCUT2D eigenvalue weighted by atomic mass is 9.99. The van der Waals surface area contributed by atoms with E-state index >= 15 is 0 Å². The number of nitrogens with one attached hydrogen (secondary N) is 3. The minimum atomic E-state index is -0.0635. The maximum atomic E-state index is 13.0. The normalized spacial score (nSPS) is 14.9. The van der Waals surface area contributed by atoms with Crippen LogP contribution in [0.25, 0.3) is 22.0 Å². The predicted molar refractivity (Wildman–Crippen MR) is 125 cm³/mol. The lowest BCUT2D eigenvalue weighted by Crippen LogP contribution is -2.28. The van der Waals surface area contributed by atoms with Gasteiger partial charge in [-0.05, 0) is 68.2 Å². The van der Waals surface area contributed by atoms with E-state index in [-0.39, 0.29) is 11.9 Å². The number of hydrogen-bond donors (Lipinski definition) is 3. The lowest BCUT2D eigenvalue weighted by Gasteiger charge is -2.21. The molecule has 7 heteroatoms. The smallest absolute Gasteiger partial charge is 0.254 e. The molecule has 3 heterocycles. The SMILES string of the molecule is CC(C)Nc1c(C(=O)NCCC2CCSCC2)cnc2ccc(-c3cn[nH]c3)cc12. The summed E-state index contributed by atoms with van der Waals surface area (Å²) in [6.07, 6.45) is 8.92. The Morgan fingerprint density at radius 1 is 1.23 bits per heavy atom. The molecule has 1 aliphatic rings. The highest BCUT2D eigenvalue weighted by Crippen LogP contribution is 2.31. The second-order valence-electron chi connectivity index (χ2n) is 8.17. The van der Waals surface area contributed by atoms with Gasteiger partial charge in [0.05, 0.1) is 23.0 Å². The van der Waals surface area contributed by atoms with Crippen molar-refractivity contribution < 1.29 is 4.79 Å². The fourth-order valence-corrected chi connectivity index (χ4v) is 5.12. The molecule has 3 N–H and O–H groups in total. The molecule has 0 unspecified atom stereocenters. The first-order valence-corrected chi connectivity index (χ1v) is 11.8. The molecule has 4 rings (SSSR count). The molecule has 0 aliphatic carbocycles. The van der Waals surface area contributed by atoms with Crippen LogP contribution in [0.1, 0.15) is 43.5 Å². The monoisotopic (exact) mass is 423 g/mol. The molecule has 0 atom stereocenters. The van der Waals surface area contributed by atoms with Gasteiger partial charge in [-0.25, -0.2) is 0 Å². The Hall–Kier alpha value is -2.54. The molecule has 0 saturated carbocycles. The van der Waals surface area contributed by atoms with E-state index in [9.17, 15) is 4.79 Å². The highest BCUT2D eigenvalue weighted by molar-refractivity contribution is 7.99. The third-order valence-corrected chi connectivity index (χ3v) is 6.60. The Kier molecular flexibility index (Phi) is 6.57. The molecule has 30 heavy (non-hydrogen) atoms. The maximum absolute atomic E-state index is 13.0. The fraction of sp³-hybridized carbons (Fsp3) is 0.435. The van der Waals surface area contributed by atoms with E-state index in [0.717, 1.165) is 40.1 Å². The lowest BCUT2D eigenvalue weighted by molar-refractivity contribution is 0.0951. The van der Waals surface area contributed by atoms with Gasteiger partial charge in [0.2, 0.25) is 0 Å². The largest absolute Gasteiger partial charge is 0.382 e. The van der Waals surface area contributed by atoms with Gasteiger partial charge in [0.15, 0.2) is 0 Å². The summed E-state index contributed by atoms with van der Waals surface area (Å²) in [7, 11) is 0. The fourth-order valence-electron chi connectivity index (χ4n) is 3.92. The summed E-state index contributed by atoms with van der Waals surface area (Å²) in [6.45, 7) is 4.87. The molecule has 1 aliphatic heterocycles. The van der Waals surface area contributed by atoms with E-state index < -0.39 is 0 Å². The summed E-state index contributed by atoms with van der Waals surface area (Å²) >= 11 is 2.03. The van der Waals surface area contributed by atoms with Crippen molar-refractivity contribution in [1.29, 1.82) is 0 Å². The summed E-state index contributed by atoms with van der Waals surface area (Å²) in [4.78, 5) is 17.6. The molecular weight excluding hydrogens is 394 g/mol. The first kappa shape index (κ1) is 20.7. The van der Waals surface area contributed by atoms with Gasteiger partial charge >= 0.3 is 0 Å². The van der Waals surface area contributed by atoms with Gasteiger partial charge in [-0.3, -0.25) is 14.9 Å². The average molecular weight is 424 g/mol. The van der Waals surface area contributed by atoms with Crippen LogP contribution in [0.15, 0.2) is 36.8 Å². The van der Waals surface area contributed by atoms with Crippen molar-refractivity contribution in [2.45, 2.75) is 39.2 Å². The number of amides is 1. The van der Waals surface area contributed by atoms with E-state index in [1.807, 2.05) is 30.1 Å². The van der Waals surface area contributed by atoms with Gasteiger partial charge in [-0.2, -0.15) is 16.9 Å². The van der Waals surface area contributed by atoms with Gasteiger partial charge in [-0.1, -0.05) is 6.07 Å². The van der Waals surface area contributed by atoms with E-state index in [2.05, 4.69) is 45.7 Å². The summed E-state index contributed by atoms with van der Waals surface area (Å²) in [6, 6.07) is 6.29. The predicted octanol–water partition coefficient (Wildman–Crippen LogP) is 4.71. The molecule has 0 spiro atoms. The first-order valence-electron chi connectivity index (χ1n) is 10.7. The number of aromatic amines is 1. The molecule has 2 aromatic heterocycles. The topological polar surface area (TPSA) is 82.7 Å². The molecule has 1 saturated heterocycles. The van der Waals surface area contributed by atoms with E-state index in [1.165, 1.54) is 24.3 Å². The van der Waals surface area contributed by atoms with Crippen LogP contribution in [-0.4, -0.2) is 45.2 Å². The number of fused-ring (bicyclic) bond motifs is 1. The third kappa shape index (κ3) is 4.78. The number of pyridine rings is 1. The van der Waals surface area contributed by atoms with Gasteiger partial charge in [0, 0.05) is 35.9 Å². The summed E-state index contributed by atoms with van der Waals surface area (Å²) in [5.74, 6) is 3.15. The zero-order valence-electron chi connectivity index (χ0n) is 17.6. The van der Waals surface area contributed by atoms with Crippen molar-refractivity contribution in [1.82, 2.24) is 20.5 Å². The molecule has 1 fully saturated rings. The summed E-state index contributed by atoms with van der Waals surface area (Å²) < 4.78 is 0. The quantitative estimate of drug-likeness (QED) is 0.513. The number of H-pyrrole nitrogens is 1. The molecule has 0 radical (unpaired) electrons. The van der Waals surface area contributed by atoms with Crippen molar-refractivity contribution >= 4 is 34.3 Å². The Bertz CT molecular complexity index is 996. The van der Waals surface area contributed by atoms with Crippen molar-refractivity contribution in [3.63, 3.8) is 0 Å². The van der Waals surface area contributed by atoms with Crippen LogP contribution in [0.2, 0.25) is 0 Å². The van der Waals surface area contributed by atoms with Gasteiger partial charge < -0.3 is 10.6 Å². The molecule has 1 amide bonds. The van der Waals surface area contributed by atoms with Crippen LogP contribution in [0.4, 0.5) is 5.69 Å². The molecule has 1 aromatic carbocycles. The Balaban J connectivity index is 1.59. The molecule has 0 bridgehead atoms. The van der Waals surface area contributed by atoms with Gasteiger partial charge in [-0.15, -0.1) is 0 Å². The van der Waals surface area contributed by atoms with E-state index in [0.29, 0.717) is 12.1 Å². The molecule has 158 valence electrons. The minimum Gasteiger partial charge on any atom is -0.382 e. The molecule has 3 aromatic rings. The van der Waals surface area contributed by atoms with Gasteiger partial charge in [0.1, 0.15) is 0 Å². The number of benzene rings is 1. The molecule has 6 nitrogen and oxygen atoms in total. The van der Waals surface area contributed by atoms with Crippen LogP contribution in [0.3, 0.4) is 0 Å². The zero-order chi connectivity index (χ0) is 20.9. The summed E-state index contributed by atoms with van der Waals surface area (Å²) in [5, 5.41) is 14.5. The molecular formula is C23H29N5OS. The van der Waals surface area contributed by atoms with Crippen molar-refractivity contribution in [3.8, 4) is 11.1 Å². The van der Waals surface area contributed by atoms with Crippen molar-refractivity contribution in [2.24, 2.45) is 5.92 Å². The highest BCUT2D eigenvalue weighted by atomic mass is 32.2. The number of hydrogen-bond acceptors (Lipinski definition) is 5. The first-order chi connectivity index (χ1) is 14.6. The number of anilines is 1. The summed E-state index contributed by atoms with van der Waals surface area (Å²) in [5.41, 5.74) is 4.35. The van der Waals surface area contributed by atoms with E-state index in [4.69, 9.17) is 0 Å². The van der Waals surface area contributed by atoms with Gasteiger partial charge in [0.25, 0.3) is 5.91 Å². The number of carbonyl (C=O) groups is 1. The van der Waals surface area contributed by atoms with Crippen molar-refractivity contribution in [2.75, 3.05) is 23.4 Å². The standard InChI is InChI=1S/C23H29N5OS/c1-15(2)28-22-19-11-17(18-12-26-27-13-18)3-4-21(19)25-14-20(22)23(29)24-8-5-16-6-9-30-10-7-16/h3-4,11-16H,5-10H2,1-2H3,(H,24,29)(H,25,28)(H,26,27). The highest BCUT2D eigenvalue weighted by Gasteiger charge is 2.18. The van der Waals surface area contributed by atoms with Crippen LogP contribution in [-0.2, 0) is 0 Å². The number of nitrogens with zero attached hydrogens (tertiary/aromatic N) is 2. The second-order valence-corrected chi connectivity index (χ2v) is 9.39.